The van der Waals surface area contributed by atoms with Gasteiger partial charge in [0, 0.05) is 35.8 Å². The average Bonchev–Trinajstić information content (AvgIpc) is 3.39. The molecule has 8 heteroatoms. The number of aryl methyl sites for hydroxylation is 2. The Balaban J connectivity index is 1.48. The molecule has 0 saturated carbocycles. The second-order valence-electron chi connectivity index (χ2n) is 6.84. The van der Waals surface area contributed by atoms with Gasteiger partial charge in [-0.1, -0.05) is 16.8 Å². The fourth-order valence-corrected chi connectivity index (χ4v) is 3.92. The number of fused-ring (bicyclic) bond motifs is 1. The van der Waals surface area contributed by atoms with E-state index in [-0.39, 0.29) is 12.0 Å². The molecule has 1 aliphatic rings. The second kappa shape index (κ2) is 6.21. The van der Waals surface area contributed by atoms with Crippen molar-refractivity contribution in [3.05, 3.63) is 52.6 Å². The molecule has 0 N–H and O–H groups in total. The van der Waals surface area contributed by atoms with Crippen LogP contribution in [0.3, 0.4) is 0 Å². The predicted molar refractivity (Wildman–Crippen MR) is 98.5 cm³/mol. The van der Waals surface area contributed by atoms with Crippen molar-refractivity contribution in [3.63, 3.8) is 0 Å². The molecular weight excluding hydrogens is 368 g/mol. The molecule has 1 fully saturated rings. The molecule has 2 atom stereocenters. The fraction of sp³-hybridized carbons (Fsp3) is 0.316. The van der Waals surface area contributed by atoms with E-state index < -0.39 is 0 Å². The number of halogens is 1. The van der Waals surface area contributed by atoms with Crippen LogP contribution in [0.2, 0.25) is 5.02 Å². The second-order valence-corrected chi connectivity index (χ2v) is 7.28. The molecule has 27 heavy (non-hydrogen) atoms. The quantitative estimate of drug-likeness (QED) is 0.520. The van der Waals surface area contributed by atoms with E-state index in [1.165, 1.54) is 0 Å². The third-order valence-corrected chi connectivity index (χ3v) is 5.11. The molecule has 0 aliphatic carbocycles. The first kappa shape index (κ1) is 16.5. The number of ether oxygens (including phenoxy) is 1. The van der Waals surface area contributed by atoms with Crippen LogP contribution in [0.5, 0.6) is 0 Å². The summed E-state index contributed by atoms with van der Waals surface area (Å²) in [4.78, 5) is 4.58. The van der Waals surface area contributed by atoms with Crippen LogP contribution in [-0.4, -0.2) is 26.5 Å². The molecule has 0 bridgehead atoms. The number of hydrogen-bond acceptors (Lipinski definition) is 6. The van der Waals surface area contributed by atoms with Gasteiger partial charge in [0.1, 0.15) is 5.58 Å². The minimum absolute atomic E-state index is 0.00370. The Labute approximate surface area is 159 Å². The highest BCUT2D eigenvalue weighted by atomic mass is 35.5. The Hall–Kier alpha value is -2.64. The van der Waals surface area contributed by atoms with Crippen molar-refractivity contribution in [1.82, 2.24) is 19.9 Å². The minimum Gasteiger partial charge on any atom is -0.452 e. The van der Waals surface area contributed by atoms with Crippen LogP contribution in [0.25, 0.3) is 22.6 Å². The standard InChI is InChI=1S/C19H17ClN4O3/c1-10-5-13(20)6-11-7-15(26-16(10)11)18-22-19(27-23-18)14-3-4-25-17(14)12-8-21-24(2)9-12/h5-9,14,17H,3-4H2,1-2H3/t14-,17+/m0/s1. The molecule has 1 aromatic carbocycles. The summed E-state index contributed by atoms with van der Waals surface area (Å²) in [5.41, 5.74) is 2.75. The lowest BCUT2D eigenvalue weighted by molar-refractivity contribution is 0.0986. The van der Waals surface area contributed by atoms with Gasteiger partial charge in [0.2, 0.25) is 11.7 Å². The predicted octanol–water partition coefficient (Wildman–Crippen LogP) is 4.42. The molecule has 1 aliphatic heterocycles. The highest BCUT2D eigenvalue weighted by Crippen LogP contribution is 2.41. The summed E-state index contributed by atoms with van der Waals surface area (Å²) in [6.07, 6.45) is 4.44. The van der Waals surface area contributed by atoms with Gasteiger partial charge in [0.05, 0.1) is 18.2 Å². The van der Waals surface area contributed by atoms with E-state index in [1.54, 1.807) is 4.68 Å². The summed E-state index contributed by atoms with van der Waals surface area (Å²) in [7, 11) is 1.88. The summed E-state index contributed by atoms with van der Waals surface area (Å²) in [5, 5.41) is 9.93. The van der Waals surface area contributed by atoms with E-state index >= 15 is 0 Å². The maximum absolute atomic E-state index is 6.13. The number of aromatic nitrogens is 4. The zero-order valence-electron chi connectivity index (χ0n) is 14.8. The normalized spacial score (nSPS) is 20.0. The van der Waals surface area contributed by atoms with E-state index in [0.717, 1.165) is 28.5 Å². The topological polar surface area (TPSA) is 79.1 Å². The van der Waals surface area contributed by atoms with E-state index in [1.807, 2.05) is 44.6 Å². The van der Waals surface area contributed by atoms with Gasteiger partial charge in [0.25, 0.3) is 0 Å². The number of benzene rings is 1. The zero-order chi connectivity index (χ0) is 18.5. The van der Waals surface area contributed by atoms with Crippen LogP contribution >= 0.6 is 11.6 Å². The lowest BCUT2D eigenvalue weighted by atomic mass is 9.97. The minimum atomic E-state index is -0.135. The number of nitrogens with zero attached hydrogens (tertiary/aromatic N) is 4. The molecule has 7 nitrogen and oxygen atoms in total. The van der Waals surface area contributed by atoms with Crippen LogP contribution in [0.4, 0.5) is 0 Å². The highest BCUT2D eigenvalue weighted by Gasteiger charge is 2.36. The first-order valence-corrected chi connectivity index (χ1v) is 9.10. The number of rotatable bonds is 3. The molecular formula is C19H17ClN4O3. The van der Waals surface area contributed by atoms with Crippen molar-refractivity contribution in [2.24, 2.45) is 7.05 Å². The third-order valence-electron chi connectivity index (χ3n) is 4.89. The average molecular weight is 385 g/mol. The summed E-state index contributed by atoms with van der Waals surface area (Å²) < 4.78 is 19.2. The maximum Gasteiger partial charge on any atom is 0.238 e. The van der Waals surface area contributed by atoms with Gasteiger partial charge in [-0.3, -0.25) is 4.68 Å². The fourth-order valence-electron chi connectivity index (χ4n) is 3.64. The van der Waals surface area contributed by atoms with E-state index in [0.29, 0.717) is 29.1 Å². The van der Waals surface area contributed by atoms with Gasteiger partial charge < -0.3 is 13.7 Å². The SMILES string of the molecule is Cc1cc(Cl)cc2cc(-c3noc([C@H]4CCO[C@@H]4c4cnn(C)c4)n3)oc12. The first-order chi connectivity index (χ1) is 13.1. The summed E-state index contributed by atoms with van der Waals surface area (Å²) in [6, 6.07) is 5.61. The van der Waals surface area contributed by atoms with Crippen LogP contribution in [0.1, 0.15) is 35.5 Å². The van der Waals surface area contributed by atoms with E-state index in [9.17, 15) is 0 Å². The Morgan fingerprint density at radius 3 is 2.96 bits per heavy atom. The van der Waals surface area contributed by atoms with Gasteiger partial charge in [-0.2, -0.15) is 10.1 Å². The monoisotopic (exact) mass is 384 g/mol. The van der Waals surface area contributed by atoms with Crippen molar-refractivity contribution in [1.29, 1.82) is 0 Å². The van der Waals surface area contributed by atoms with Gasteiger partial charge in [0.15, 0.2) is 5.76 Å². The molecule has 3 aromatic heterocycles. The van der Waals surface area contributed by atoms with Gasteiger partial charge in [-0.15, -0.1) is 0 Å². The summed E-state index contributed by atoms with van der Waals surface area (Å²) in [6.45, 7) is 2.60. The Bertz CT molecular complexity index is 1130. The third kappa shape index (κ3) is 2.83. The number of furan rings is 1. The largest absolute Gasteiger partial charge is 0.452 e. The maximum atomic E-state index is 6.13. The molecule has 5 rings (SSSR count). The van der Waals surface area contributed by atoms with Crippen molar-refractivity contribution in [2.45, 2.75) is 25.4 Å². The lowest BCUT2D eigenvalue weighted by Gasteiger charge is -2.12. The molecule has 4 heterocycles. The Kier molecular flexibility index (Phi) is 3.80. The zero-order valence-corrected chi connectivity index (χ0v) is 15.6. The molecule has 0 radical (unpaired) electrons. The van der Waals surface area contributed by atoms with Crippen molar-refractivity contribution in [3.8, 4) is 11.6 Å². The van der Waals surface area contributed by atoms with Gasteiger partial charge >= 0.3 is 0 Å². The van der Waals surface area contributed by atoms with Gasteiger partial charge in [-0.05, 0) is 37.1 Å². The first-order valence-electron chi connectivity index (χ1n) is 8.72. The smallest absolute Gasteiger partial charge is 0.238 e. The van der Waals surface area contributed by atoms with E-state index in [2.05, 4.69) is 15.2 Å². The number of hydrogen-bond donors (Lipinski definition) is 0. The van der Waals surface area contributed by atoms with Crippen LogP contribution < -0.4 is 0 Å². The Morgan fingerprint density at radius 2 is 2.15 bits per heavy atom. The van der Waals surface area contributed by atoms with Crippen molar-refractivity contribution in [2.75, 3.05) is 6.61 Å². The van der Waals surface area contributed by atoms with Crippen LogP contribution in [0.15, 0.2) is 39.5 Å². The van der Waals surface area contributed by atoms with Crippen LogP contribution in [0, 0.1) is 6.92 Å². The molecule has 0 amide bonds. The molecule has 1 saturated heterocycles. The van der Waals surface area contributed by atoms with Crippen molar-refractivity contribution >= 4 is 22.6 Å². The Morgan fingerprint density at radius 1 is 1.26 bits per heavy atom. The van der Waals surface area contributed by atoms with Crippen molar-refractivity contribution < 1.29 is 13.7 Å². The molecule has 0 unspecified atom stereocenters. The summed E-state index contributed by atoms with van der Waals surface area (Å²) >= 11 is 6.13. The van der Waals surface area contributed by atoms with Crippen LogP contribution in [-0.2, 0) is 11.8 Å². The van der Waals surface area contributed by atoms with Gasteiger partial charge in [-0.25, -0.2) is 0 Å². The molecule has 0 spiro atoms. The molecule has 138 valence electrons. The lowest BCUT2D eigenvalue weighted by Crippen LogP contribution is -2.06. The molecule has 4 aromatic rings. The summed E-state index contributed by atoms with van der Waals surface area (Å²) in [5.74, 6) is 1.53. The highest BCUT2D eigenvalue weighted by molar-refractivity contribution is 6.31. The van der Waals surface area contributed by atoms with E-state index in [4.69, 9.17) is 25.3 Å².